The molecule has 6 rings (SSSR count). The monoisotopic (exact) mass is 748 g/mol. The van der Waals surface area contributed by atoms with Gasteiger partial charge in [0.15, 0.2) is 0 Å². The average molecular weight is 749 g/mol. The molecule has 1 atom stereocenters. The number of hydrogen-bond acceptors (Lipinski definition) is 6. The summed E-state index contributed by atoms with van der Waals surface area (Å²) in [5, 5.41) is 23.2. The van der Waals surface area contributed by atoms with E-state index < -0.39 is 14.4 Å². The fraction of sp³-hybridized carbons (Fsp3) is 0.444. The summed E-state index contributed by atoms with van der Waals surface area (Å²) in [6.45, 7) is 10.6. The van der Waals surface area contributed by atoms with Crippen LogP contribution in [0.3, 0.4) is 0 Å². The third-order valence-electron chi connectivity index (χ3n) is 11.0. The minimum Gasteiger partial charge on any atom is -0.534 e. The molecule has 0 unspecified atom stereocenters. The number of aliphatic hydroxyl groups excluding tert-OH is 1. The molecule has 2 aliphatic rings. The Bertz CT molecular complexity index is 1660. The molecule has 8 nitrogen and oxygen atoms in total. The molecule has 0 radical (unpaired) electrons. The number of piperidine rings is 1. The molecule has 0 aromatic heterocycles. The molecule has 54 heavy (non-hydrogen) atoms. The van der Waals surface area contributed by atoms with Crippen LogP contribution in [0.1, 0.15) is 64.9 Å². The number of hydrogen-bond donors (Lipinski definition) is 4. The van der Waals surface area contributed by atoms with E-state index in [4.69, 9.17) is 9.16 Å². The summed E-state index contributed by atoms with van der Waals surface area (Å²) in [6.07, 6.45) is 7.26. The number of urea groups is 1. The third kappa shape index (κ3) is 10.5. The molecule has 0 bridgehead atoms. The number of ether oxygens (including phenoxy) is 1. The van der Waals surface area contributed by atoms with Crippen molar-refractivity contribution in [2.45, 2.75) is 82.9 Å². The van der Waals surface area contributed by atoms with Crippen molar-refractivity contribution in [1.29, 1.82) is 0 Å². The second-order valence-corrected chi connectivity index (χ2v) is 20.3. The summed E-state index contributed by atoms with van der Waals surface area (Å²) in [5.41, 5.74) is 2.36. The number of carbonyl (C=O) groups excluding carboxylic acids is 1. The zero-order valence-electron chi connectivity index (χ0n) is 32.4. The van der Waals surface area contributed by atoms with E-state index in [9.17, 15) is 9.90 Å². The van der Waals surface area contributed by atoms with Gasteiger partial charge in [-0.1, -0.05) is 106 Å². The van der Waals surface area contributed by atoms with Crippen molar-refractivity contribution in [1.82, 2.24) is 15.5 Å². The lowest BCUT2D eigenvalue weighted by Gasteiger charge is -2.43. The molecule has 9 heteroatoms. The van der Waals surface area contributed by atoms with E-state index in [2.05, 4.69) is 122 Å². The number of anilines is 1. The lowest BCUT2D eigenvalue weighted by molar-refractivity contribution is 0.106. The molecule has 288 valence electrons. The first kappa shape index (κ1) is 39.4. The highest BCUT2D eigenvalue weighted by atomic mass is 28.4. The summed E-state index contributed by atoms with van der Waals surface area (Å²) >= 11 is 0. The molecule has 1 heterocycles. The quantitative estimate of drug-likeness (QED) is 0.0731. The molecule has 1 aliphatic carbocycles. The van der Waals surface area contributed by atoms with E-state index in [-0.39, 0.29) is 17.7 Å². The summed E-state index contributed by atoms with van der Waals surface area (Å²) in [5.74, 6) is 2.17. The summed E-state index contributed by atoms with van der Waals surface area (Å²) < 4.78 is 13.1. The minimum absolute atomic E-state index is 0.0990. The summed E-state index contributed by atoms with van der Waals surface area (Å²) in [6, 6.07) is 38.1. The van der Waals surface area contributed by atoms with Crippen molar-refractivity contribution in [2.24, 2.45) is 5.92 Å². The Morgan fingerprint density at radius 3 is 2.00 bits per heavy atom. The Labute approximate surface area is 323 Å². The molecule has 0 spiro atoms. The van der Waals surface area contributed by atoms with Crippen LogP contribution in [-0.2, 0) is 6.42 Å². The van der Waals surface area contributed by atoms with Crippen LogP contribution in [0, 0.1) is 5.92 Å². The zero-order valence-corrected chi connectivity index (χ0v) is 33.4. The van der Waals surface area contributed by atoms with Gasteiger partial charge in [-0.3, -0.25) is 0 Å². The Kier molecular flexibility index (Phi) is 13.7. The molecule has 4 N–H and O–H groups in total. The Morgan fingerprint density at radius 2 is 1.41 bits per heavy atom. The predicted octanol–water partition coefficient (Wildman–Crippen LogP) is 6.97. The van der Waals surface area contributed by atoms with Crippen LogP contribution < -0.4 is 35.5 Å². The van der Waals surface area contributed by atoms with Gasteiger partial charge in [0, 0.05) is 37.9 Å². The number of nitrogens with zero attached hydrogens (tertiary/aromatic N) is 1. The van der Waals surface area contributed by atoms with Crippen LogP contribution in [0.15, 0.2) is 109 Å². The Balaban J connectivity index is 0.896. The van der Waals surface area contributed by atoms with Gasteiger partial charge in [-0.05, 0) is 102 Å². The first-order chi connectivity index (χ1) is 26.2. The van der Waals surface area contributed by atoms with Crippen LogP contribution >= 0.6 is 0 Å². The van der Waals surface area contributed by atoms with Crippen LogP contribution in [0.2, 0.25) is 5.04 Å². The zero-order chi connectivity index (χ0) is 37.8. The highest BCUT2D eigenvalue weighted by Gasteiger charge is 2.52. The molecular weight excluding hydrogens is 689 g/mol. The lowest BCUT2D eigenvalue weighted by Crippen LogP contribution is -2.68. The van der Waals surface area contributed by atoms with Gasteiger partial charge in [0.05, 0.1) is 0 Å². The topological polar surface area (TPSA) is 95.1 Å². The SMILES string of the molecule is CC(C)(C)[Si](Oc1ccc(OC[C@@H](O)CNCCc2ccc(NC3CCN(C(=O)NCC4CCCC4)CC3)cc2)cc1)(c1ccccc1)c1ccccc1. The second kappa shape index (κ2) is 18.8. The van der Waals surface area contributed by atoms with Gasteiger partial charge in [-0.15, -0.1) is 0 Å². The van der Waals surface area contributed by atoms with Crippen molar-refractivity contribution in [3.63, 3.8) is 0 Å². The molecule has 2 amide bonds. The maximum Gasteiger partial charge on any atom is 0.319 e. The first-order valence-electron chi connectivity index (χ1n) is 20.0. The summed E-state index contributed by atoms with van der Waals surface area (Å²) in [4.78, 5) is 14.6. The predicted molar refractivity (Wildman–Crippen MR) is 223 cm³/mol. The van der Waals surface area contributed by atoms with E-state index in [0.717, 1.165) is 56.9 Å². The van der Waals surface area contributed by atoms with Crippen molar-refractivity contribution in [3.8, 4) is 11.5 Å². The number of amides is 2. The third-order valence-corrected chi connectivity index (χ3v) is 16.0. The minimum atomic E-state index is -2.72. The number of likely N-dealkylation sites (tertiary alicyclic amines) is 1. The molecule has 2 fully saturated rings. The average Bonchev–Trinajstić information content (AvgIpc) is 3.72. The van der Waals surface area contributed by atoms with Crippen LogP contribution in [-0.4, -0.2) is 75.8 Å². The first-order valence-corrected chi connectivity index (χ1v) is 21.9. The van der Waals surface area contributed by atoms with Crippen molar-refractivity contribution >= 4 is 30.4 Å². The second-order valence-electron chi connectivity index (χ2n) is 16.1. The van der Waals surface area contributed by atoms with Gasteiger partial charge in [0.2, 0.25) is 0 Å². The standard InChI is InChI=1S/C45H60N4O4Si/c1-45(2,3)54(42-14-6-4-7-15-42,43-16-8-5-9-17-43)53-41-24-22-40(23-25-41)52-34-39(50)33-46-29-26-35-18-20-37(21-19-35)48-38-27-30-49(31-28-38)44(51)47-32-36-12-10-11-13-36/h4-9,14-25,36,38-39,46,48,50H,10-13,26-34H2,1-3H3,(H,47,51)/t39-/m0/s1. The maximum absolute atomic E-state index is 12.6. The van der Waals surface area contributed by atoms with E-state index in [0.29, 0.717) is 24.3 Å². The Morgan fingerprint density at radius 1 is 0.815 bits per heavy atom. The number of nitrogens with one attached hydrogen (secondary N) is 3. The van der Waals surface area contributed by atoms with Crippen molar-refractivity contribution in [3.05, 3.63) is 115 Å². The van der Waals surface area contributed by atoms with Crippen molar-refractivity contribution < 1.29 is 19.1 Å². The van der Waals surface area contributed by atoms with Gasteiger partial charge < -0.3 is 35.1 Å². The number of benzene rings is 4. The fourth-order valence-corrected chi connectivity index (χ4v) is 12.4. The smallest absolute Gasteiger partial charge is 0.319 e. The van der Waals surface area contributed by atoms with E-state index in [1.54, 1.807) is 0 Å². The van der Waals surface area contributed by atoms with Crippen molar-refractivity contribution in [2.75, 3.05) is 44.6 Å². The lowest BCUT2D eigenvalue weighted by atomic mass is 10.0. The van der Waals surface area contributed by atoms with E-state index >= 15 is 0 Å². The van der Waals surface area contributed by atoms with Gasteiger partial charge in [0.25, 0.3) is 0 Å². The molecule has 1 saturated heterocycles. The molecule has 1 saturated carbocycles. The van der Waals surface area contributed by atoms with Crippen LogP contribution in [0.5, 0.6) is 11.5 Å². The maximum atomic E-state index is 12.6. The number of aliphatic hydroxyl groups is 1. The molecular formula is C45H60N4O4Si. The summed E-state index contributed by atoms with van der Waals surface area (Å²) in [7, 11) is -2.72. The number of rotatable bonds is 16. The molecule has 1 aliphatic heterocycles. The highest BCUT2D eigenvalue weighted by Crippen LogP contribution is 2.38. The van der Waals surface area contributed by atoms with Crippen LogP contribution in [0.4, 0.5) is 10.5 Å². The molecule has 4 aromatic rings. The van der Waals surface area contributed by atoms with Gasteiger partial charge in [0.1, 0.15) is 24.2 Å². The highest BCUT2D eigenvalue weighted by molar-refractivity contribution is 7.00. The van der Waals surface area contributed by atoms with Gasteiger partial charge in [-0.25, -0.2) is 4.79 Å². The van der Waals surface area contributed by atoms with E-state index in [1.165, 1.54) is 41.6 Å². The van der Waals surface area contributed by atoms with Gasteiger partial charge >= 0.3 is 14.3 Å². The normalized spacial score (nSPS) is 16.2. The van der Waals surface area contributed by atoms with Crippen LogP contribution in [0.25, 0.3) is 0 Å². The number of carbonyl (C=O) groups is 1. The van der Waals surface area contributed by atoms with E-state index in [1.807, 2.05) is 29.2 Å². The van der Waals surface area contributed by atoms with Gasteiger partial charge in [-0.2, -0.15) is 0 Å². The molecule has 4 aromatic carbocycles. The fourth-order valence-electron chi connectivity index (χ4n) is 7.97. The Hall–Kier alpha value is -4.31. The largest absolute Gasteiger partial charge is 0.534 e.